The summed E-state index contributed by atoms with van der Waals surface area (Å²) in [6.07, 6.45) is 5.14. The molecule has 190 valence electrons. The number of hydrogen-bond acceptors (Lipinski definition) is 4. The zero-order valence-corrected chi connectivity index (χ0v) is 21.9. The summed E-state index contributed by atoms with van der Waals surface area (Å²) in [7, 11) is 8.09. The van der Waals surface area contributed by atoms with E-state index in [1.807, 2.05) is 28.2 Å². The topological polar surface area (TPSA) is 39.1 Å². The Labute approximate surface area is 218 Å². The van der Waals surface area contributed by atoms with Crippen molar-refractivity contribution in [2.24, 2.45) is 11.0 Å². The lowest BCUT2D eigenvalue weighted by Gasteiger charge is -2.30. The van der Waals surface area contributed by atoms with E-state index in [1.54, 1.807) is 5.01 Å². The van der Waals surface area contributed by atoms with Gasteiger partial charge in [0, 0.05) is 51.0 Å². The number of rotatable bonds is 5. The zero-order chi connectivity index (χ0) is 26.1. The first-order chi connectivity index (χ1) is 17.8. The average Bonchev–Trinajstić information content (AvgIpc) is 3.30. The van der Waals surface area contributed by atoms with E-state index in [2.05, 4.69) is 64.4 Å². The Balaban J connectivity index is 1.54. The maximum absolute atomic E-state index is 13.7. The summed E-state index contributed by atoms with van der Waals surface area (Å²) >= 11 is 0. The van der Waals surface area contributed by atoms with Crippen LogP contribution >= 0.6 is 0 Å². The molecule has 3 aromatic rings. The Morgan fingerprint density at radius 1 is 0.892 bits per heavy atom. The molecule has 1 saturated carbocycles. The number of amides is 1. The number of hydrogen-bond donors (Lipinski definition) is 0. The first-order valence-corrected chi connectivity index (χ1v) is 12.7. The molecule has 1 fully saturated rings. The lowest BCUT2D eigenvalue weighted by Crippen LogP contribution is -2.32. The standard InChI is InChI=1S/C31H33FN4O/c1-34(2)26-16-8-21(9-17-26)20-24-6-5-7-28-29(24)33-36(31(37)23-10-14-25(32)15-11-23)30(28)22-12-18-27(19-13-22)35(3)4/h8-20,28,30H,5-7H2,1-4H3/b24-20+/t28-,30-/m0/s1. The highest BCUT2D eigenvalue weighted by Gasteiger charge is 2.44. The van der Waals surface area contributed by atoms with Gasteiger partial charge in [0.15, 0.2) is 0 Å². The van der Waals surface area contributed by atoms with Crippen molar-refractivity contribution >= 4 is 29.1 Å². The van der Waals surface area contributed by atoms with Crippen molar-refractivity contribution in [3.05, 3.63) is 101 Å². The number of benzene rings is 3. The van der Waals surface area contributed by atoms with Gasteiger partial charge in [-0.05, 0) is 90.6 Å². The molecule has 0 aromatic heterocycles. The van der Waals surface area contributed by atoms with Crippen LogP contribution in [-0.2, 0) is 0 Å². The Kier molecular flexibility index (Phi) is 6.83. The molecular formula is C31H33FN4O. The van der Waals surface area contributed by atoms with Crippen LogP contribution in [0.25, 0.3) is 6.08 Å². The number of hydrazone groups is 1. The first-order valence-electron chi connectivity index (χ1n) is 12.7. The van der Waals surface area contributed by atoms with Crippen LogP contribution in [-0.4, -0.2) is 44.8 Å². The molecule has 2 atom stereocenters. The summed E-state index contributed by atoms with van der Waals surface area (Å²) in [5.74, 6) is -0.465. The SMILES string of the molecule is CN(C)c1ccc(/C=C2\CCC[C@H]3C2=NN(C(=O)c2ccc(F)cc2)[C@H]3c2ccc(N(C)C)cc2)cc1. The average molecular weight is 497 g/mol. The largest absolute Gasteiger partial charge is 0.378 e. The minimum Gasteiger partial charge on any atom is -0.378 e. The quantitative estimate of drug-likeness (QED) is 0.411. The fourth-order valence-electron chi connectivity index (χ4n) is 5.27. The predicted octanol–water partition coefficient (Wildman–Crippen LogP) is 6.39. The lowest BCUT2D eigenvalue weighted by atomic mass is 9.77. The van der Waals surface area contributed by atoms with Crippen LogP contribution < -0.4 is 9.80 Å². The summed E-state index contributed by atoms with van der Waals surface area (Å²) < 4.78 is 13.6. The van der Waals surface area contributed by atoms with Crippen molar-refractivity contribution in [1.29, 1.82) is 0 Å². The maximum atomic E-state index is 13.7. The van der Waals surface area contributed by atoms with E-state index in [1.165, 1.54) is 29.8 Å². The minimum absolute atomic E-state index is 0.107. The van der Waals surface area contributed by atoms with Gasteiger partial charge in [-0.15, -0.1) is 0 Å². The second kappa shape index (κ2) is 10.2. The molecule has 0 saturated heterocycles. The van der Waals surface area contributed by atoms with Gasteiger partial charge in [0.25, 0.3) is 5.91 Å². The van der Waals surface area contributed by atoms with Gasteiger partial charge >= 0.3 is 0 Å². The molecule has 0 unspecified atom stereocenters. The van der Waals surface area contributed by atoms with E-state index >= 15 is 0 Å². The molecule has 5 nitrogen and oxygen atoms in total. The van der Waals surface area contributed by atoms with Crippen molar-refractivity contribution in [2.45, 2.75) is 25.3 Å². The van der Waals surface area contributed by atoms with Gasteiger partial charge in [-0.25, -0.2) is 9.40 Å². The zero-order valence-electron chi connectivity index (χ0n) is 21.9. The smallest absolute Gasteiger partial charge is 0.274 e. The van der Waals surface area contributed by atoms with Gasteiger partial charge in [-0.1, -0.05) is 24.3 Å². The van der Waals surface area contributed by atoms with Gasteiger partial charge < -0.3 is 9.80 Å². The van der Waals surface area contributed by atoms with Gasteiger partial charge in [-0.2, -0.15) is 5.10 Å². The van der Waals surface area contributed by atoms with Crippen LogP contribution in [0.3, 0.4) is 0 Å². The number of carbonyl (C=O) groups is 1. The third-order valence-corrected chi connectivity index (χ3v) is 7.30. The van der Waals surface area contributed by atoms with Crippen molar-refractivity contribution in [2.75, 3.05) is 38.0 Å². The first kappa shape index (κ1) is 24.8. The maximum Gasteiger partial charge on any atom is 0.274 e. The second-order valence-corrected chi connectivity index (χ2v) is 10.2. The molecule has 3 aromatic carbocycles. The lowest BCUT2D eigenvalue weighted by molar-refractivity contribution is 0.0681. The van der Waals surface area contributed by atoms with Gasteiger partial charge in [0.1, 0.15) is 5.82 Å². The number of anilines is 2. The molecule has 6 heteroatoms. The third-order valence-electron chi connectivity index (χ3n) is 7.30. The van der Waals surface area contributed by atoms with Crippen LogP contribution in [0.2, 0.25) is 0 Å². The third kappa shape index (κ3) is 5.01. The molecule has 1 aliphatic carbocycles. The Bertz CT molecular complexity index is 1330. The summed E-state index contributed by atoms with van der Waals surface area (Å²) in [6.45, 7) is 0. The molecule has 0 bridgehead atoms. The number of allylic oxidation sites excluding steroid dienone is 1. The van der Waals surface area contributed by atoms with Gasteiger partial charge in [0.2, 0.25) is 0 Å². The highest BCUT2D eigenvalue weighted by Crippen LogP contribution is 2.45. The summed E-state index contributed by atoms with van der Waals surface area (Å²) in [6, 6.07) is 22.4. The highest BCUT2D eigenvalue weighted by molar-refractivity contribution is 6.09. The Morgan fingerprint density at radius 2 is 1.49 bits per heavy atom. The van der Waals surface area contributed by atoms with E-state index in [-0.39, 0.29) is 23.7 Å². The molecular weight excluding hydrogens is 463 g/mol. The Morgan fingerprint density at radius 3 is 2.08 bits per heavy atom. The molecule has 37 heavy (non-hydrogen) atoms. The van der Waals surface area contributed by atoms with Crippen LogP contribution in [0.1, 0.15) is 46.8 Å². The molecule has 5 rings (SSSR count). The van der Waals surface area contributed by atoms with Crippen LogP contribution in [0, 0.1) is 11.7 Å². The van der Waals surface area contributed by atoms with Gasteiger partial charge in [-0.3, -0.25) is 4.79 Å². The minimum atomic E-state index is -0.362. The van der Waals surface area contributed by atoms with Crippen molar-refractivity contribution in [1.82, 2.24) is 5.01 Å². The van der Waals surface area contributed by atoms with Crippen LogP contribution in [0.5, 0.6) is 0 Å². The number of nitrogens with zero attached hydrogens (tertiary/aromatic N) is 4. The van der Waals surface area contributed by atoms with Crippen LogP contribution in [0.15, 0.2) is 83.5 Å². The van der Waals surface area contributed by atoms with Crippen LogP contribution in [0.4, 0.5) is 15.8 Å². The van der Waals surface area contributed by atoms with E-state index in [9.17, 15) is 9.18 Å². The fourth-order valence-corrected chi connectivity index (χ4v) is 5.27. The predicted molar refractivity (Wildman–Crippen MR) is 150 cm³/mol. The summed E-state index contributed by atoms with van der Waals surface area (Å²) in [5, 5.41) is 6.60. The van der Waals surface area contributed by atoms with E-state index in [4.69, 9.17) is 5.10 Å². The van der Waals surface area contributed by atoms with Crippen molar-refractivity contribution < 1.29 is 9.18 Å². The molecule has 1 heterocycles. The number of fused-ring (bicyclic) bond motifs is 1. The normalized spacial score (nSPS) is 20.0. The van der Waals surface area contributed by atoms with E-state index in [0.717, 1.165) is 47.5 Å². The molecule has 2 aliphatic rings. The summed E-state index contributed by atoms with van der Waals surface area (Å²) in [4.78, 5) is 17.8. The van der Waals surface area contributed by atoms with Gasteiger partial charge in [0.05, 0.1) is 11.8 Å². The fraction of sp³-hybridized carbons (Fsp3) is 0.290. The monoisotopic (exact) mass is 496 g/mol. The molecule has 0 N–H and O–H groups in total. The van der Waals surface area contributed by atoms with E-state index < -0.39 is 0 Å². The highest BCUT2D eigenvalue weighted by atomic mass is 19.1. The van der Waals surface area contributed by atoms with Crippen molar-refractivity contribution in [3.63, 3.8) is 0 Å². The second-order valence-electron chi connectivity index (χ2n) is 10.2. The number of carbonyl (C=O) groups excluding carboxylic acids is 1. The van der Waals surface area contributed by atoms with Crippen molar-refractivity contribution in [3.8, 4) is 0 Å². The molecule has 0 radical (unpaired) electrons. The molecule has 0 spiro atoms. The molecule has 1 amide bonds. The Hall–Kier alpha value is -3.93. The molecule has 1 aliphatic heterocycles. The summed E-state index contributed by atoms with van der Waals surface area (Å²) in [5.41, 5.74) is 7.03. The van der Waals surface area contributed by atoms with E-state index in [0.29, 0.717) is 5.56 Å². The number of halogens is 1.